The van der Waals surface area contributed by atoms with Gasteiger partial charge in [0.1, 0.15) is 5.54 Å². The molecule has 3 aromatic heterocycles. The maximum absolute atomic E-state index is 12.7. The summed E-state index contributed by atoms with van der Waals surface area (Å²) in [5.74, 6) is 2.05. The molecule has 0 saturated heterocycles. The molecule has 0 aromatic carbocycles. The largest absolute Gasteiger partial charge is 0.343 e. The number of nitrogens with zero attached hydrogens (tertiary/aromatic N) is 4. The van der Waals surface area contributed by atoms with Crippen molar-refractivity contribution in [2.75, 3.05) is 0 Å². The number of nitrogens with one attached hydrogen (secondary N) is 1. The number of amides is 1. The van der Waals surface area contributed by atoms with Crippen LogP contribution in [0.15, 0.2) is 26.6 Å². The van der Waals surface area contributed by atoms with E-state index in [-0.39, 0.29) is 12.3 Å². The molecule has 1 aliphatic rings. The summed E-state index contributed by atoms with van der Waals surface area (Å²) in [5, 5.41) is 13.3. The second-order valence-corrected chi connectivity index (χ2v) is 8.12. The zero-order valence-electron chi connectivity index (χ0n) is 15.8. The van der Waals surface area contributed by atoms with Crippen LogP contribution in [0.4, 0.5) is 0 Å². The first-order valence-electron chi connectivity index (χ1n) is 9.63. The van der Waals surface area contributed by atoms with E-state index in [1.807, 2.05) is 17.5 Å². The number of hydrogen-bond acceptors (Lipinski definition) is 8. The molecule has 3 heterocycles. The highest BCUT2D eigenvalue weighted by Crippen LogP contribution is 2.34. The average Bonchev–Trinajstić information content (AvgIpc) is 3.41. The van der Waals surface area contributed by atoms with Crippen LogP contribution >= 0.6 is 11.3 Å². The second kappa shape index (κ2) is 8.22. The standard InChI is InChI=1S/C19H23N5O3S/c1-13-20-18(24-26-13)19(10-4-2-3-5-11-19)22-15(25)8-9-16-21-17(23-27-16)14-7-6-12-28-14/h6-7,12H,2-5,8-11H2,1H3,(H,22,25). The fraction of sp³-hybridized carbons (Fsp3) is 0.526. The molecule has 1 amide bonds. The van der Waals surface area contributed by atoms with Gasteiger partial charge in [-0.1, -0.05) is 42.1 Å². The smallest absolute Gasteiger partial charge is 0.227 e. The van der Waals surface area contributed by atoms with Gasteiger partial charge in [0, 0.05) is 19.8 Å². The van der Waals surface area contributed by atoms with Crippen molar-refractivity contribution in [3.63, 3.8) is 0 Å². The predicted molar refractivity (Wildman–Crippen MR) is 102 cm³/mol. The van der Waals surface area contributed by atoms with Crippen LogP contribution in [0, 0.1) is 6.92 Å². The molecule has 1 aliphatic carbocycles. The Morgan fingerprint density at radius 1 is 1.18 bits per heavy atom. The number of aryl methyl sites for hydroxylation is 2. The molecular formula is C19H23N5O3S. The molecule has 9 heteroatoms. The molecule has 4 rings (SSSR count). The first-order valence-corrected chi connectivity index (χ1v) is 10.5. The monoisotopic (exact) mass is 401 g/mol. The van der Waals surface area contributed by atoms with Crippen LogP contribution in [0.3, 0.4) is 0 Å². The van der Waals surface area contributed by atoms with Crippen molar-refractivity contribution in [3.05, 3.63) is 35.1 Å². The lowest BCUT2D eigenvalue weighted by Crippen LogP contribution is -2.46. The summed E-state index contributed by atoms with van der Waals surface area (Å²) < 4.78 is 10.5. The van der Waals surface area contributed by atoms with E-state index < -0.39 is 5.54 Å². The summed E-state index contributed by atoms with van der Waals surface area (Å²) in [5.41, 5.74) is -0.553. The van der Waals surface area contributed by atoms with Crippen molar-refractivity contribution >= 4 is 17.2 Å². The number of aromatic nitrogens is 4. The Hall–Kier alpha value is -2.55. The van der Waals surface area contributed by atoms with Gasteiger partial charge in [0.25, 0.3) is 0 Å². The van der Waals surface area contributed by atoms with E-state index >= 15 is 0 Å². The Kier molecular flexibility index (Phi) is 5.52. The molecule has 0 spiro atoms. The van der Waals surface area contributed by atoms with Gasteiger partial charge in [0.15, 0.2) is 5.82 Å². The van der Waals surface area contributed by atoms with Crippen molar-refractivity contribution < 1.29 is 13.8 Å². The van der Waals surface area contributed by atoms with Gasteiger partial charge >= 0.3 is 0 Å². The number of rotatable bonds is 6. The van der Waals surface area contributed by atoms with Crippen LogP contribution in [0.1, 0.15) is 62.6 Å². The van der Waals surface area contributed by atoms with Crippen molar-refractivity contribution in [1.82, 2.24) is 25.6 Å². The third-order valence-electron chi connectivity index (χ3n) is 5.07. The van der Waals surface area contributed by atoms with Gasteiger partial charge in [-0.2, -0.15) is 9.97 Å². The molecule has 0 radical (unpaired) electrons. The Labute approximate surface area is 166 Å². The number of carbonyl (C=O) groups is 1. The van der Waals surface area contributed by atoms with Crippen LogP contribution in [0.5, 0.6) is 0 Å². The van der Waals surface area contributed by atoms with E-state index in [4.69, 9.17) is 9.05 Å². The van der Waals surface area contributed by atoms with E-state index in [0.29, 0.717) is 29.9 Å². The number of thiophene rings is 1. The number of carbonyl (C=O) groups excluding carboxylic acids is 1. The van der Waals surface area contributed by atoms with E-state index in [1.54, 1.807) is 18.3 Å². The maximum atomic E-state index is 12.7. The molecule has 0 bridgehead atoms. The Morgan fingerprint density at radius 3 is 2.68 bits per heavy atom. The van der Waals surface area contributed by atoms with Crippen LogP contribution in [0.25, 0.3) is 10.7 Å². The van der Waals surface area contributed by atoms with Gasteiger partial charge in [0.05, 0.1) is 4.88 Å². The minimum absolute atomic E-state index is 0.0692. The average molecular weight is 401 g/mol. The topological polar surface area (TPSA) is 107 Å². The van der Waals surface area contributed by atoms with Crippen LogP contribution in [-0.2, 0) is 16.8 Å². The zero-order chi connectivity index (χ0) is 19.4. The van der Waals surface area contributed by atoms with Crippen molar-refractivity contribution in [3.8, 4) is 10.7 Å². The van der Waals surface area contributed by atoms with E-state index in [1.165, 1.54) is 0 Å². The Balaban J connectivity index is 1.42. The normalized spacial score (nSPS) is 16.6. The third kappa shape index (κ3) is 4.14. The van der Waals surface area contributed by atoms with Crippen LogP contribution in [-0.4, -0.2) is 26.2 Å². The first kappa shape index (κ1) is 18.8. The number of hydrogen-bond donors (Lipinski definition) is 1. The van der Waals surface area contributed by atoms with E-state index in [0.717, 1.165) is 43.4 Å². The predicted octanol–water partition coefficient (Wildman–Crippen LogP) is 3.79. The molecule has 0 unspecified atom stereocenters. The second-order valence-electron chi connectivity index (χ2n) is 7.17. The van der Waals surface area contributed by atoms with Crippen LogP contribution < -0.4 is 5.32 Å². The zero-order valence-corrected chi connectivity index (χ0v) is 16.6. The minimum Gasteiger partial charge on any atom is -0.343 e. The van der Waals surface area contributed by atoms with Crippen molar-refractivity contribution in [1.29, 1.82) is 0 Å². The molecule has 0 atom stereocenters. The van der Waals surface area contributed by atoms with Gasteiger partial charge in [-0.05, 0) is 24.3 Å². The van der Waals surface area contributed by atoms with Gasteiger partial charge in [-0.25, -0.2) is 0 Å². The molecule has 148 valence electrons. The summed E-state index contributed by atoms with van der Waals surface area (Å²) in [6.45, 7) is 1.77. The van der Waals surface area contributed by atoms with E-state index in [2.05, 4.69) is 25.6 Å². The van der Waals surface area contributed by atoms with Crippen LogP contribution in [0.2, 0.25) is 0 Å². The van der Waals surface area contributed by atoms with Gasteiger partial charge < -0.3 is 14.4 Å². The van der Waals surface area contributed by atoms with Crippen molar-refractivity contribution in [2.45, 2.75) is 63.8 Å². The summed E-state index contributed by atoms with van der Waals surface area (Å²) in [7, 11) is 0. The summed E-state index contributed by atoms with van der Waals surface area (Å²) in [4.78, 5) is 22.5. The molecule has 8 nitrogen and oxygen atoms in total. The Morgan fingerprint density at radius 2 is 2.00 bits per heavy atom. The third-order valence-corrected chi connectivity index (χ3v) is 5.93. The van der Waals surface area contributed by atoms with Gasteiger partial charge in [-0.3, -0.25) is 4.79 Å². The highest BCUT2D eigenvalue weighted by Gasteiger charge is 2.38. The van der Waals surface area contributed by atoms with Gasteiger partial charge in [0.2, 0.25) is 23.5 Å². The fourth-order valence-electron chi connectivity index (χ4n) is 3.64. The van der Waals surface area contributed by atoms with Crippen molar-refractivity contribution in [2.24, 2.45) is 0 Å². The molecular weight excluding hydrogens is 378 g/mol. The molecule has 1 saturated carbocycles. The minimum atomic E-state index is -0.553. The quantitative estimate of drug-likeness (QED) is 0.626. The summed E-state index contributed by atoms with van der Waals surface area (Å²) in [6.07, 6.45) is 6.67. The summed E-state index contributed by atoms with van der Waals surface area (Å²) >= 11 is 1.55. The highest BCUT2D eigenvalue weighted by atomic mass is 32.1. The molecule has 1 N–H and O–H groups in total. The molecule has 0 aliphatic heterocycles. The SMILES string of the molecule is Cc1nc(C2(NC(=O)CCc3nc(-c4cccs4)no3)CCCCCC2)no1. The Bertz CT molecular complexity index is 910. The molecule has 3 aromatic rings. The van der Waals surface area contributed by atoms with Gasteiger partial charge in [-0.15, -0.1) is 11.3 Å². The summed E-state index contributed by atoms with van der Waals surface area (Å²) in [6, 6.07) is 3.88. The fourth-order valence-corrected chi connectivity index (χ4v) is 4.29. The lowest BCUT2D eigenvalue weighted by atomic mass is 9.89. The molecule has 1 fully saturated rings. The lowest BCUT2D eigenvalue weighted by molar-refractivity contribution is -0.123. The highest BCUT2D eigenvalue weighted by molar-refractivity contribution is 7.13. The maximum Gasteiger partial charge on any atom is 0.227 e. The molecule has 28 heavy (non-hydrogen) atoms. The lowest BCUT2D eigenvalue weighted by Gasteiger charge is -2.30. The first-order chi connectivity index (χ1) is 13.6. The van der Waals surface area contributed by atoms with E-state index in [9.17, 15) is 4.79 Å².